The molecule has 10 nitrogen and oxygen atoms in total. The smallest absolute Gasteiger partial charge is 0.258 e. The molecule has 14 heteroatoms. The van der Waals surface area contributed by atoms with Crippen molar-refractivity contribution in [2.75, 3.05) is 32.0 Å². The number of halogens is 3. The number of aromatic nitrogens is 4. The molecule has 6 aromatic rings. The van der Waals surface area contributed by atoms with Crippen LogP contribution in [-0.4, -0.2) is 46.8 Å². The van der Waals surface area contributed by atoms with E-state index < -0.39 is 5.91 Å². The first-order valence-electron chi connectivity index (χ1n) is 13.0. The van der Waals surface area contributed by atoms with Crippen molar-refractivity contribution in [2.24, 2.45) is 0 Å². The molecular formula is C30H23BrCl2N6O4S. The van der Waals surface area contributed by atoms with E-state index in [-0.39, 0.29) is 27.2 Å². The fourth-order valence-electron chi connectivity index (χ4n) is 4.72. The summed E-state index contributed by atoms with van der Waals surface area (Å²) in [6, 6.07) is 15.8. The maximum atomic E-state index is 13.5. The predicted molar refractivity (Wildman–Crippen MR) is 178 cm³/mol. The molecule has 3 aromatic heterocycles. The molecule has 224 valence electrons. The number of nitrogens with one attached hydrogen (secondary N) is 2. The number of hydrogen-bond donors (Lipinski definition) is 2. The zero-order valence-corrected chi connectivity index (χ0v) is 27.4. The van der Waals surface area contributed by atoms with Crippen LogP contribution in [0.15, 0.2) is 64.7 Å². The summed E-state index contributed by atoms with van der Waals surface area (Å²) in [4.78, 5) is 27.3. The van der Waals surface area contributed by atoms with E-state index in [4.69, 9.17) is 42.4 Å². The van der Waals surface area contributed by atoms with Gasteiger partial charge in [-0.3, -0.25) is 4.79 Å². The van der Waals surface area contributed by atoms with Gasteiger partial charge in [-0.25, -0.2) is 15.0 Å². The maximum absolute atomic E-state index is 13.5. The summed E-state index contributed by atoms with van der Waals surface area (Å²) in [5.74, 6) is 1.95. The van der Waals surface area contributed by atoms with Crippen LogP contribution in [0.1, 0.15) is 15.9 Å². The van der Waals surface area contributed by atoms with Gasteiger partial charge >= 0.3 is 0 Å². The minimum absolute atomic E-state index is 0.116. The van der Waals surface area contributed by atoms with Gasteiger partial charge in [0.1, 0.15) is 26.6 Å². The SMILES string of the molecule is COc1ccc(Cn2c(Nc3ncnc4c(C(=O)Nc5c(Cl)c(OC)c(Br)c(OC)c5Cl)csc34)nc3ccccc32)cc1. The second kappa shape index (κ2) is 12.5. The number of rotatable bonds is 9. The number of amides is 1. The summed E-state index contributed by atoms with van der Waals surface area (Å²) in [5, 5.41) is 8.11. The zero-order chi connectivity index (χ0) is 31.0. The number of para-hydroxylation sites is 2. The number of imidazole rings is 1. The largest absolute Gasteiger partial charge is 0.497 e. The summed E-state index contributed by atoms with van der Waals surface area (Å²) in [6.45, 7) is 0.556. The Kier molecular flexibility index (Phi) is 8.50. The van der Waals surface area contributed by atoms with Crippen LogP contribution in [0.4, 0.5) is 17.5 Å². The fraction of sp³-hybridized carbons (Fsp3) is 0.133. The molecule has 3 aromatic carbocycles. The molecule has 1 amide bonds. The minimum Gasteiger partial charge on any atom is -0.497 e. The highest BCUT2D eigenvalue weighted by Crippen LogP contribution is 2.50. The van der Waals surface area contributed by atoms with Crippen molar-refractivity contribution in [3.05, 3.63) is 85.9 Å². The molecule has 0 aliphatic heterocycles. The lowest BCUT2D eigenvalue weighted by Crippen LogP contribution is -2.13. The van der Waals surface area contributed by atoms with E-state index in [2.05, 4.69) is 41.1 Å². The molecular weight excluding hydrogens is 691 g/mol. The lowest BCUT2D eigenvalue weighted by molar-refractivity contribution is 0.102. The molecule has 6 rings (SSSR count). The number of thiophene rings is 1. The molecule has 0 fully saturated rings. The Morgan fingerprint density at radius 3 is 2.36 bits per heavy atom. The van der Waals surface area contributed by atoms with Gasteiger partial charge < -0.3 is 29.4 Å². The molecule has 3 heterocycles. The lowest BCUT2D eigenvalue weighted by atomic mass is 10.2. The second-order valence-corrected chi connectivity index (χ2v) is 11.8. The van der Waals surface area contributed by atoms with E-state index in [0.717, 1.165) is 22.3 Å². The van der Waals surface area contributed by atoms with Gasteiger partial charge in [0.2, 0.25) is 5.95 Å². The molecule has 44 heavy (non-hydrogen) atoms. The Morgan fingerprint density at radius 1 is 0.977 bits per heavy atom. The number of anilines is 3. The molecule has 0 aliphatic rings. The van der Waals surface area contributed by atoms with E-state index in [1.54, 1.807) is 12.5 Å². The number of carbonyl (C=O) groups is 1. The first-order chi connectivity index (χ1) is 21.3. The van der Waals surface area contributed by atoms with Gasteiger partial charge in [-0.15, -0.1) is 11.3 Å². The van der Waals surface area contributed by atoms with Crippen LogP contribution in [0.3, 0.4) is 0 Å². The van der Waals surface area contributed by atoms with Crippen molar-refractivity contribution in [1.29, 1.82) is 0 Å². The third-order valence-electron chi connectivity index (χ3n) is 6.87. The van der Waals surface area contributed by atoms with Crippen LogP contribution in [0.2, 0.25) is 10.0 Å². The molecule has 0 unspecified atom stereocenters. The number of benzene rings is 3. The maximum Gasteiger partial charge on any atom is 0.258 e. The number of methoxy groups -OCH3 is 3. The Balaban J connectivity index is 1.35. The van der Waals surface area contributed by atoms with Crippen LogP contribution in [0, 0.1) is 0 Å². The van der Waals surface area contributed by atoms with Crippen molar-refractivity contribution >= 4 is 95.1 Å². The Hall–Kier alpha value is -4.10. The predicted octanol–water partition coefficient (Wildman–Crippen LogP) is 8.18. The van der Waals surface area contributed by atoms with Gasteiger partial charge in [-0.1, -0.05) is 47.5 Å². The monoisotopic (exact) mass is 712 g/mol. The Morgan fingerprint density at radius 2 is 1.68 bits per heavy atom. The molecule has 2 N–H and O–H groups in total. The van der Waals surface area contributed by atoms with Crippen molar-refractivity contribution in [3.8, 4) is 17.2 Å². The van der Waals surface area contributed by atoms with Crippen LogP contribution in [0.5, 0.6) is 17.2 Å². The highest BCUT2D eigenvalue weighted by molar-refractivity contribution is 9.10. The van der Waals surface area contributed by atoms with E-state index in [1.165, 1.54) is 31.9 Å². The number of carbonyl (C=O) groups excluding carboxylic acids is 1. The Bertz CT molecular complexity index is 2000. The van der Waals surface area contributed by atoms with Gasteiger partial charge in [0, 0.05) is 5.38 Å². The standard InChI is InChI=1S/C30H23BrCl2N6O4S/c1-41-16-10-8-15(9-11-16)12-39-19-7-5-4-6-18(19)36-30(39)38-28-27-23(34-14-35-28)17(13-44-27)29(40)37-24-21(32)25(42-2)20(31)26(43-3)22(24)33/h4-11,13-14H,12H2,1-3H3,(H,37,40)(H,34,35,36,38). The second-order valence-electron chi connectivity index (χ2n) is 9.37. The van der Waals surface area contributed by atoms with Crippen molar-refractivity contribution in [3.63, 3.8) is 0 Å². The third-order valence-corrected chi connectivity index (χ3v) is 9.28. The first-order valence-corrected chi connectivity index (χ1v) is 15.4. The van der Waals surface area contributed by atoms with Crippen molar-refractivity contribution in [1.82, 2.24) is 19.5 Å². The summed E-state index contributed by atoms with van der Waals surface area (Å²) in [5.41, 5.74) is 3.76. The fourth-order valence-corrected chi connectivity index (χ4v) is 7.29. The number of nitrogens with zero attached hydrogens (tertiary/aromatic N) is 4. The summed E-state index contributed by atoms with van der Waals surface area (Å²) < 4.78 is 19.3. The molecule has 0 radical (unpaired) electrons. The highest BCUT2D eigenvalue weighted by atomic mass is 79.9. The summed E-state index contributed by atoms with van der Waals surface area (Å²) in [7, 11) is 4.55. The average molecular weight is 714 g/mol. The van der Waals surface area contributed by atoms with Gasteiger partial charge in [0.15, 0.2) is 17.3 Å². The van der Waals surface area contributed by atoms with Gasteiger partial charge in [-0.2, -0.15) is 0 Å². The number of hydrogen-bond acceptors (Lipinski definition) is 9. The van der Waals surface area contributed by atoms with E-state index >= 15 is 0 Å². The average Bonchev–Trinajstić information content (AvgIpc) is 3.62. The number of ether oxygens (including phenoxy) is 3. The molecule has 0 saturated carbocycles. The van der Waals surface area contributed by atoms with Gasteiger partial charge in [0.05, 0.1) is 60.4 Å². The first kappa shape index (κ1) is 29.9. The third kappa shape index (κ3) is 5.38. The van der Waals surface area contributed by atoms with Gasteiger partial charge in [-0.05, 0) is 45.8 Å². The van der Waals surface area contributed by atoms with Crippen LogP contribution >= 0.6 is 50.5 Å². The summed E-state index contributed by atoms with van der Waals surface area (Å²) >= 11 is 17.8. The highest BCUT2D eigenvalue weighted by Gasteiger charge is 2.26. The van der Waals surface area contributed by atoms with Crippen molar-refractivity contribution in [2.45, 2.75) is 6.54 Å². The normalized spacial score (nSPS) is 11.1. The molecule has 0 atom stereocenters. The van der Waals surface area contributed by atoms with Crippen LogP contribution in [-0.2, 0) is 6.54 Å². The quantitative estimate of drug-likeness (QED) is 0.154. The van der Waals surface area contributed by atoms with Crippen LogP contribution in [0.25, 0.3) is 21.3 Å². The number of fused-ring (bicyclic) bond motifs is 2. The molecule has 0 spiro atoms. The Labute approximate surface area is 274 Å². The zero-order valence-electron chi connectivity index (χ0n) is 23.4. The molecule has 0 bridgehead atoms. The lowest BCUT2D eigenvalue weighted by Gasteiger charge is -2.17. The van der Waals surface area contributed by atoms with E-state index in [9.17, 15) is 4.79 Å². The van der Waals surface area contributed by atoms with Gasteiger partial charge in [0.25, 0.3) is 5.91 Å². The topological polar surface area (TPSA) is 112 Å². The van der Waals surface area contributed by atoms with Crippen LogP contribution < -0.4 is 24.8 Å². The molecule has 0 aliphatic carbocycles. The van der Waals surface area contributed by atoms with Crippen molar-refractivity contribution < 1.29 is 19.0 Å². The minimum atomic E-state index is -0.470. The molecule has 0 saturated heterocycles. The summed E-state index contributed by atoms with van der Waals surface area (Å²) in [6.07, 6.45) is 1.40. The van der Waals surface area contributed by atoms with E-state index in [0.29, 0.717) is 38.6 Å². The van der Waals surface area contributed by atoms with E-state index in [1.807, 2.05) is 48.5 Å².